The number of thioether (sulfide) groups is 1. The second-order valence-electron chi connectivity index (χ2n) is 7.78. The lowest BCUT2D eigenvalue weighted by atomic mass is 10.1. The molecule has 0 radical (unpaired) electrons. The molecule has 0 amide bonds. The molecular formula is C27H34N2S. The molecule has 2 rings (SSSR count). The highest BCUT2D eigenvalue weighted by atomic mass is 32.2. The molecule has 0 saturated heterocycles. The number of hydrogen-bond acceptors (Lipinski definition) is 3. The molecule has 0 spiro atoms. The van der Waals surface area contributed by atoms with Crippen molar-refractivity contribution in [1.82, 2.24) is 10.6 Å². The standard InChI is InChI=1S/C27H34N2S/c1-21(2)17-19-28-24(5)27(16-13-25-9-7-6-8-10-25)29-23(4)18-20-30-26-14-11-22(3)12-15-26/h6-12,14-16,18,20-21,28-29H,4-5,13,17,19H2,1-3H3/b20-18+,27-16+. The molecule has 2 nitrogen and oxygen atoms in total. The predicted molar refractivity (Wildman–Crippen MR) is 133 cm³/mol. The summed E-state index contributed by atoms with van der Waals surface area (Å²) in [6, 6.07) is 19.0. The van der Waals surface area contributed by atoms with Gasteiger partial charge in [-0.2, -0.15) is 0 Å². The van der Waals surface area contributed by atoms with Crippen LogP contribution in [0.4, 0.5) is 0 Å². The van der Waals surface area contributed by atoms with Crippen LogP contribution in [0.15, 0.2) is 107 Å². The van der Waals surface area contributed by atoms with E-state index in [2.05, 4.69) is 105 Å². The summed E-state index contributed by atoms with van der Waals surface area (Å²) < 4.78 is 0. The monoisotopic (exact) mass is 418 g/mol. The molecule has 0 aliphatic carbocycles. The van der Waals surface area contributed by atoms with Crippen molar-refractivity contribution in [3.8, 4) is 0 Å². The first kappa shape index (κ1) is 23.6. The fourth-order valence-corrected chi connectivity index (χ4v) is 3.40. The summed E-state index contributed by atoms with van der Waals surface area (Å²) >= 11 is 1.68. The number of rotatable bonds is 12. The zero-order valence-electron chi connectivity index (χ0n) is 18.4. The Morgan fingerprint density at radius 2 is 1.73 bits per heavy atom. The Hall–Kier alpha value is -2.65. The fourth-order valence-electron chi connectivity index (χ4n) is 2.72. The molecule has 158 valence electrons. The van der Waals surface area contributed by atoms with Gasteiger partial charge in [-0.3, -0.25) is 0 Å². The molecule has 0 atom stereocenters. The number of aryl methyl sites for hydroxylation is 1. The van der Waals surface area contributed by atoms with Gasteiger partial charge < -0.3 is 10.6 Å². The van der Waals surface area contributed by atoms with Gasteiger partial charge in [-0.1, -0.05) is 92.9 Å². The number of nitrogens with one attached hydrogen (secondary N) is 2. The Morgan fingerprint density at radius 1 is 1.03 bits per heavy atom. The van der Waals surface area contributed by atoms with Crippen LogP contribution in [0.25, 0.3) is 0 Å². The van der Waals surface area contributed by atoms with Crippen molar-refractivity contribution < 1.29 is 0 Å². The minimum Gasteiger partial charge on any atom is -0.384 e. The summed E-state index contributed by atoms with van der Waals surface area (Å²) in [5.41, 5.74) is 5.24. The smallest absolute Gasteiger partial charge is 0.0576 e. The maximum Gasteiger partial charge on any atom is 0.0576 e. The van der Waals surface area contributed by atoms with Crippen LogP contribution in [0.2, 0.25) is 0 Å². The van der Waals surface area contributed by atoms with E-state index in [-0.39, 0.29) is 0 Å². The molecular weight excluding hydrogens is 384 g/mol. The number of allylic oxidation sites excluding steroid dienone is 2. The van der Waals surface area contributed by atoms with Crippen LogP contribution in [0, 0.1) is 12.8 Å². The molecule has 0 fully saturated rings. The molecule has 0 aliphatic rings. The minimum atomic E-state index is 0.659. The van der Waals surface area contributed by atoms with E-state index in [1.807, 2.05) is 12.1 Å². The van der Waals surface area contributed by atoms with Gasteiger partial charge in [0.2, 0.25) is 0 Å². The van der Waals surface area contributed by atoms with Crippen molar-refractivity contribution in [1.29, 1.82) is 0 Å². The molecule has 3 heteroatoms. The fraction of sp³-hybridized carbons (Fsp3) is 0.259. The highest BCUT2D eigenvalue weighted by Gasteiger charge is 2.04. The first-order valence-corrected chi connectivity index (χ1v) is 11.3. The van der Waals surface area contributed by atoms with Gasteiger partial charge >= 0.3 is 0 Å². The van der Waals surface area contributed by atoms with E-state index >= 15 is 0 Å². The third-order valence-corrected chi connectivity index (χ3v) is 5.38. The third-order valence-electron chi connectivity index (χ3n) is 4.56. The van der Waals surface area contributed by atoms with Gasteiger partial charge in [0.05, 0.1) is 11.4 Å². The van der Waals surface area contributed by atoms with Crippen molar-refractivity contribution in [2.75, 3.05) is 6.54 Å². The van der Waals surface area contributed by atoms with Gasteiger partial charge in [0, 0.05) is 17.1 Å². The third kappa shape index (κ3) is 9.23. The van der Waals surface area contributed by atoms with Gasteiger partial charge in [0.15, 0.2) is 0 Å². The SMILES string of the molecule is C=C(/C=C/Sc1ccc(C)cc1)N/C(=C/Cc1ccccc1)C(=C)NCCC(C)C. The Morgan fingerprint density at radius 3 is 2.40 bits per heavy atom. The second kappa shape index (κ2) is 12.8. The molecule has 2 N–H and O–H groups in total. The van der Waals surface area contributed by atoms with Gasteiger partial charge in [-0.15, -0.1) is 0 Å². The largest absolute Gasteiger partial charge is 0.384 e. The average molecular weight is 419 g/mol. The van der Waals surface area contributed by atoms with Crippen LogP contribution < -0.4 is 10.6 Å². The van der Waals surface area contributed by atoms with E-state index in [1.54, 1.807) is 11.8 Å². The lowest BCUT2D eigenvalue weighted by molar-refractivity contribution is 0.564. The molecule has 0 aromatic heterocycles. The van der Waals surface area contributed by atoms with Crippen molar-refractivity contribution in [2.24, 2.45) is 5.92 Å². The van der Waals surface area contributed by atoms with Crippen molar-refractivity contribution in [2.45, 2.75) is 38.5 Å². The van der Waals surface area contributed by atoms with Crippen LogP contribution in [-0.4, -0.2) is 6.54 Å². The zero-order chi connectivity index (χ0) is 21.8. The van der Waals surface area contributed by atoms with Gasteiger partial charge in [-0.25, -0.2) is 0 Å². The highest BCUT2D eigenvalue weighted by Crippen LogP contribution is 2.20. The summed E-state index contributed by atoms with van der Waals surface area (Å²) in [6.07, 6.45) is 6.12. The summed E-state index contributed by atoms with van der Waals surface area (Å²) in [7, 11) is 0. The number of hydrogen-bond donors (Lipinski definition) is 2. The van der Waals surface area contributed by atoms with E-state index in [1.165, 1.54) is 16.0 Å². The van der Waals surface area contributed by atoms with E-state index in [9.17, 15) is 0 Å². The van der Waals surface area contributed by atoms with Crippen molar-refractivity contribution in [3.63, 3.8) is 0 Å². The van der Waals surface area contributed by atoms with Crippen LogP contribution in [0.5, 0.6) is 0 Å². The molecule has 2 aromatic rings. The van der Waals surface area contributed by atoms with E-state index in [0.717, 1.165) is 36.5 Å². The zero-order valence-corrected chi connectivity index (χ0v) is 19.3. The summed E-state index contributed by atoms with van der Waals surface area (Å²) in [6.45, 7) is 15.9. The predicted octanol–water partition coefficient (Wildman–Crippen LogP) is 6.98. The molecule has 2 aromatic carbocycles. The quantitative estimate of drug-likeness (QED) is 0.287. The van der Waals surface area contributed by atoms with Gasteiger partial charge in [0.1, 0.15) is 0 Å². The second-order valence-corrected chi connectivity index (χ2v) is 8.76. The maximum absolute atomic E-state index is 4.24. The van der Waals surface area contributed by atoms with Crippen molar-refractivity contribution >= 4 is 11.8 Å². The maximum atomic E-state index is 4.24. The first-order chi connectivity index (χ1) is 14.4. The summed E-state index contributed by atoms with van der Waals surface area (Å²) in [4.78, 5) is 1.21. The van der Waals surface area contributed by atoms with Crippen molar-refractivity contribution in [3.05, 3.63) is 114 Å². The summed E-state index contributed by atoms with van der Waals surface area (Å²) in [5.74, 6) is 0.659. The Kier molecular flexibility index (Phi) is 10.1. The Balaban J connectivity index is 1.99. The molecule has 0 bridgehead atoms. The van der Waals surface area contributed by atoms with Crippen LogP contribution in [-0.2, 0) is 6.42 Å². The normalized spacial score (nSPS) is 11.7. The van der Waals surface area contributed by atoms with Crippen LogP contribution in [0.3, 0.4) is 0 Å². The minimum absolute atomic E-state index is 0.659. The Bertz CT molecular complexity index is 861. The lowest BCUT2D eigenvalue weighted by Gasteiger charge is -2.17. The van der Waals surface area contributed by atoms with E-state index in [4.69, 9.17) is 0 Å². The topological polar surface area (TPSA) is 24.1 Å². The van der Waals surface area contributed by atoms with E-state index < -0.39 is 0 Å². The first-order valence-electron chi connectivity index (χ1n) is 10.5. The molecule has 0 aliphatic heterocycles. The molecule has 0 heterocycles. The molecule has 30 heavy (non-hydrogen) atoms. The average Bonchev–Trinajstić information content (AvgIpc) is 2.73. The molecule has 0 unspecified atom stereocenters. The highest BCUT2D eigenvalue weighted by molar-refractivity contribution is 8.02. The van der Waals surface area contributed by atoms with Gasteiger partial charge in [-0.05, 0) is 54.9 Å². The summed E-state index contributed by atoms with van der Waals surface area (Å²) in [5, 5.41) is 8.93. The number of benzene rings is 2. The lowest BCUT2D eigenvalue weighted by Crippen LogP contribution is -2.23. The van der Waals surface area contributed by atoms with E-state index in [0.29, 0.717) is 5.92 Å². The van der Waals surface area contributed by atoms with Gasteiger partial charge in [0.25, 0.3) is 0 Å². The Labute approximate surface area is 186 Å². The van der Waals surface area contributed by atoms with Crippen LogP contribution >= 0.6 is 11.8 Å². The van der Waals surface area contributed by atoms with Crippen LogP contribution in [0.1, 0.15) is 31.4 Å². The molecule has 0 saturated carbocycles.